The number of fused-ring (bicyclic) bond motifs is 1. The lowest BCUT2D eigenvalue weighted by atomic mass is 9.96. The number of benzene rings is 2. The molecule has 132 valence electrons. The van der Waals surface area contributed by atoms with Crippen LogP contribution < -0.4 is 10.2 Å². The van der Waals surface area contributed by atoms with Gasteiger partial charge >= 0.3 is 0 Å². The molecule has 1 fully saturated rings. The SMILES string of the molecule is O=C(Nc1ccccc1Br)C1CCN(c2cnc3ccccc3n2)CC1. The molecule has 2 aromatic carbocycles. The van der Waals surface area contributed by atoms with Crippen molar-refractivity contribution in [2.24, 2.45) is 5.92 Å². The Morgan fingerprint density at radius 2 is 1.73 bits per heavy atom. The number of carbonyl (C=O) groups is 1. The first-order valence-corrected chi connectivity index (χ1v) is 9.52. The Morgan fingerprint density at radius 1 is 1.04 bits per heavy atom. The zero-order chi connectivity index (χ0) is 17.9. The summed E-state index contributed by atoms with van der Waals surface area (Å²) >= 11 is 3.47. The van der Waals surface area contributed by atoms with Gasteiger partial charge in [0.05, 0.1) is 22.9 Å². The summed E-state index contributed by atoms with van der Waals surface area (Å²) < 4.78 is 0.900. The van der Waals surface area contributed by atoms with Crippen LogP contribution in [0.2, 0.25) is 0 Å². The molecule has 6 heteroatoms. The van der Waals surface area contributed by atoms with Crippen LogP contribution in [-0.4, -0.2) is 29.0 Å². The van der Waals surface area contributed by atoms with E-state index in [0.29, 0.717) is 0 Å². The summed E-state index contributed by atoms with van der Waals surface area (Å²) in [6.07, 6.45) is 3.44. The zero-order valence-electron chi connectivity index (χ0n) is 14.2. The second-order valence-electron chi connectivity index (χ2n) is 6.45. The van der Waals surface area contributed by atoms with E-state index >= 15 is 0 Å². The van der Waals surface area contributed by atoms with Gasteiger partial charge < -0.3 is 10.2 Å². The minimum Gasteiger partial charge on any atom is -0.355 e. The number of rotatable bonds is 3. The van der Waals surface area contributed by atoms with Crippen molar-refractivity contribution in [2.45, 2.75) is 12.8 Å². The first-order chi connectivity index (χ1) is 12.7. The molecule has 1 N–H and O–H groups in total. The van der Waals surface area contributed by atoms with E-state index in [4.69, 9.17) is 4.98 Å². The van der Waals surface area contributed by atoms with Gasteiger partial charge in [0.25, 0.3) is 0 Å². The van der Waals surface area contributed by atoms with Gasteiger partial charge in [0, 0.05) is 23.5 Å². The largest absolute Gasteiger partial charge is 0.355 e. The lowest BCUT2D eigenvalue weighted by molar-refractivity contribution is -0.120. The molecule has 0 saturated carbocycles. The van der Waals surface area contributed by atoms with Crippen LogP contribution in [0, 0.1) is 5.92 Å². The zero-order valence-corrected chi connectivity index (χ0v) is 15.8. The summed E-state index contributed by atoms with van der Waals surface area (Å²) in [6.45, 7) is 1.61. The maximum atomic E-state index is 12.6. The van der Waals surface area contributed by atoms with E-state index in [-0.39, 0.29) is 11.8 Å². The molecule has 1 aliphatic heterocycles. The Labute approximate surface area is 160 Å². The molecule has 0 atom stereocenters. The van der Waals surface area contributed by atoms with Crippen LogP contribution in [0.4, 0.5) is 11.5 Å². The van der Waals surface area contributed by atoms with E-state index in [1.807, 2.05) is 54.7 Å². The topological polar surface area (TPSA) is 58.1 Å². The Bertz CT molecular complexity index is 938. The van der Waals surface area contributed by atoms with Crippen molar-refractivity contribution in [3.05, 3.63) is 59.2 Å². The molecule has 0 bridgehead atoms. The molecule has 0 spiro atoms. The minimum absolute atomic E-state index is 0.0202. The second kappa shape index (κ2) is 7.41. The molecule has 4 rings (SSSR count). The molecule has 1 saturated heterocycles. The number of aromatic nitrogens is 2. The number of hydrogen-bond acceptors (Lipinski definition) is 4. The molecule has 1 aromatic heterocycles. The average molecular weight is 411 g/mol. The molecular formula is C20H19BrN4O. The second-order valence-corrected chi connectivity index (χ2v) is 7.30. The number of hydrogen-bond donors (Lipinski definition) is 1. The van der Waals surface area contributed by atoms with Crippen LogP contribution in [0.5, 0.6) is 0 Å². The summed E-state index contributed by atoms with van der Waals surface area (Å²) in [4.78, 5) is 24.0. The highest BCUT2D eigenvalue weighted by atomic mass is 79.9. The monoisotopic (exact) mass is 410 g/mol. The lowest BCUT2D eigenvalue weighted by Gasteiger charge is -2.32. The summed E-state index contributed by atoms with van der Waals surface area (Å²) in [5.41, 5.74) is 2.62. The third-order valence-corrected chi connectivity index (χ3v) is 5.45. The fourth-order valence-corrected chi connectivity index (χ4v) is 3.65. The quantitative estimate of drug-likeness (QED) is 0.700. The third-order valence-electron chi connectivity index (χ3n) is 4.76. The molecule has 1 amide bonds. The first kappa shape index (κ1) is 17.0. The molecule has 1 aliphatic rings. The number of anilines is 2. The van der Waals surface area contributed by atoms with E-state index < -0.39 is 0 Å². The van der Waals surface area contributed by atoms with E-state index in [2.05, 4.69) is 31.1 Å². The van der Waals surface area contributed by atoms with Gasteiger partial charge in [-0.05, 0) is 53.0 Å². The third kappa shape index (κ3) is 3.55. The van der Waals surface area contributed by atoms with Crippen LogP contribution in [0.15, 0.2) is 59.2 Å². The van der Waals surface area contributed by atoms with Crippen molar-refractivity contribution in [3.8, 4) is 0 Å². The van der Waals surface area contributed by atoms with Gasteiger partial charge in [-0.1, -0.05) is 24.3 Å². The fourth-order valence-electron chi connectivity index (χ4n) is 3.27. The summed E-state index contributed by atoms with van der Waals surface area (Å²) in [5, 5.41) is 3.03. The summed E-state index contributed by atoms with van der Waals surface area (Å²) in [5.74, 6) is 0.987. The van der Waals surface area contributed by atoms with Crippen molar-refractivity contribution in [1.29, 1.82) is 0 Å². The molecule has 2 heterocycles. The highest BCUT2D eigenvalue weighted by molar-refractivity contribution is 9.10. The van der Waals surface area contributed by atoms with Crippen LogP contribution >= 0.6 is 15.9 Å². The number of para-hydroxylation sites is 3. The van der Waals surface area contributed by atoms with E-state index in [9.17, 15) is 4.79 Å². The van der Waals surface area contributed by atoms with Crippen LogP contribution in [0.1, 0.15) is 12.8 Å². The number of carbonyl (C=O) groups excluding carboxylic acids is 1. The van der Waals surface area contributed by atoms with Crippen LogP contribution in [0.25, 0.3) is 11.0 Å². The van der Waals surface area contributed by atoms with Gasteiger partial charge in [-0.3, -0.25) is 9.78 Å². The molecular weight excluding hydrogens is 392 g/mol. The van der Waals surface area contributed by atoms with Gasteiger partial charge in [0.15, 0.2) is 0 Å². The van der Waals surface area contributed by atoms with Crippen LogP contribution in [-0.2, 0) is 4.79 Å². The highest BCUT2D eigenvalue weighted by Crippen LogP contribution is 2.26. The normalized spacial score (nSPS) is 15.2. The van der Waals surface area contributed by atoms with Crippen molar-refractivity contribution in [3.63, 3.8) is 0 Å². The van der Waals surface area contributed by atoms with Gasteiger partial charge in [0.1, 0.15) is 5.82 Å². The highest BCUT2D eigenvalue weighted by Gasteiger charge is 2.26. The van der Waals surface area contributed by atoms with E-state index in [1.165, 1.54) is 0 Å². The van der Waals surface area contributed by atoms with E-state index in [1.54, 1.807) is 0 Å². The van der Waals surface area contributed by atoms with Crippen molar-refractivity contribution < 1.29 is 4.79 Å². The number of amides is 1. The number of nitrogens with zero attached hydrogens (tertiary/aromatic N) is 3. The maximum Gasteiger partial charge on any atom is 0.227 e. The van der Waals surface area contributed by atoms with Crippen molar-refractivity contribution in [2.75, 3.05) is 23.3 Å². The maximum absolute atomic E-state index is 12.6. The standard InChI is InChI=1S/C20H19BrN4O/c21-15-5-1-2-6-16(15)24-20(26)14-9-11-25(12-10-14)19-13-22-17-7-3-4-8-18(17)23-19/h1-8,13-14H,9-12H2,(H,24,26). The molecule has 0 unspecified atom stereocenters. The summed E-state index contributed by atoms with van der Waals surface area (Å²) in [7, 11) is 0. The number of nitrogens with one attached hydrogen (secondary N) is 1. The average Bonchev–Trinajstić information content (AvgIpc) is 2.69. The van der Waals surface area contributed by atoms with Crippen molar-refractivity contribution in [1.82, 2.24) is 9.97 Å². The number of halogens is 1. The number of piperidine rings is 1. The minimum atomic E-state index is 0.0202. The fraction of sp³-hybridized carbons (Fsp3) is 0.250. The smallest absolute Gasteiger partial charge is 0.227 e. The van der Waals surface area contributed by atoms with Gasteiger partial charge in [0.2, 0.25) is 5.91 Å². The Hall–Kier alpha value is -2.47. The Morgan fingerprint density at radius 3 is 2.50 bits per heavy atom. The Balaban J connectivity index is 1.40. The predicted octanol–water partition coefficient (Wildman–Crippen LogP) is 4.25. The lowest BCUT2D eigenvalue weighted by Crippen LogP contribution is -2.38. The van der Waals surface area contributed by atoms with Gasteiger partial charge in [-0.2, -0.15) is 0 Å². The molecule has 0 aliphatic carbocycles. The molecule has 5 nitrogen and oxygen atoms in total. The molecule has 26 heavy (non-hydrogen) atoms. The van der Waals surface area contributed by atoms with Gasteiger partial charge in [-0.25, -0.2) is 4.98 Å². The van der Waals surface area contributed by atoms with Crippen LogP contribution in [0.3, 0.4) is 0 Å². The van der Waals surface area contributed by atoms with Crippen molar-refractivity contribution >= 4 is 44.4 Å². The molecule has 0 radical (unpaired) electrons. The van der Waals surface area contributed by atoms with Gasteiger partial charge in [-0.15, -0.1) is 0 Å². The Kier molecular flexibility index (Phi) is 4.84. The van der Waals surface area contributed by atoms with E-state index in [0.717, 1.165) is 52.9 Å². The first-order valence-electron chi connectivity index (χ1n) is 8.73. The predicted molar refractivity (Wildman–Crippen MR) is 107 cm³/mol. The summed E-state index contributed by atoms with van der Waals surface area (Å²) in [6, 6.07) is 15.6. The molecule has 3 aromatic rings.